The van der Waals surface area contributed by atoms with E-state index in [1.807, 2.05) is 29.8 Å². The largest absolute Gasteiger partial charge is 0.387 e. The van der Waals surface area contributed by atoms with Crippen LogP contribution in [0.5, 0.6) is 0 Å². The van der Waals surface area contributed by atoms with Crippen molar-refractivity contribution in [3.05, 3.63) is 44.3 Å². The van der Waals surface area contributed by atoms with Gasteiger partial charge in [-0.2, -0.15) is 11.3 Å². The first kappa shape index (κ1) is 12.3. The zero-order valence-corrected chi connectivity index (χ0v) is 11.0. The van der Waals surface area contributed by atoms with Gasteiger partial charge in [-0.25, -0.2) is 0 Å². The van der Waals surface area contributed by atoms with Gasteiger partial charge in [-0.3, -0.25) is 4.79 Å². The van der Waals surface area contributed by atoms with Crippen LogP contribution >= 0.6 is 22.7 Å². The van der Waals surface area contributed by atoms with Crippen LogP contribution in [0.1, 0.15) is 26.2 Å². The standard InChI is InChI=1S/C12H13NO2S2/c1-8-2-3-11(17-8)12(15)13-6-10(14)9-4-5-16-7-9/h2-5,7,10,14H,6H2,1H3,(H,13,15). The van der Waals surface area contributed by atoms with E-state index in [0.29, 0.717) is 4.88 Å². The molecule has 0 aromatic carbocycles. The predicted molar refractivity (Wildman–Crippen MR) is 70.7 cm³/mol. The molecule has 0 radical (unpaired) electrons. The molecule has 0 aliphatic carbocycles. The number of aliphatic hydroxyl groups excluding tert-OH is 1. The van der Waals surface area contributed by atoms with Crippen LogP contribution in [-0.2, 0) is 0 Å². The Balaban J connectivity index is 1.88. The molecule has 0 spiro atoms. The van der Waals surface area contributed by atoms with Crippen LogP contribution < -0.4 is 5.32 Å². The van der Waals surface area contributed by atoms with Crippen molar-refractivity contribution < 1.29 is 9.90 Å². The van der Waals surface area contributed by atoms with E-state index in [-0.39, 0.29) is 12.5 Å². The summed E-state index contributed by atoms with van der Waals surface area (Å²) in [4.78, 5) is 13.5. The van der Waals surface area contributed by atoms with Crippen molar-refractivity contribution in [1.29, 1.82) is 0 Å². The highest BCUT2D eigenvalue weighted by Gasteiger charge is 2.12. The number of hydrogen-bond acceptors (Lipinski definition) is 4. The van der Waals surface area contributed by atoms with Crippen molar-refractivity contribution in [1.82, 2.24) is 5.32 Å². The Labute approximate surface area is 108 Å². The maximum Gasteiger partial charge on any atom is 0.261 e. The van der Waals surface area contributed by atoms with Crippen LogP contribution in [0, 0.1) is 6.92 Å². The predicted octanol–water partition coefficient (Wildman–Crippen LogP) is 2.58. The molecule has 1 atom stereocenters. The lowest BCUT2D eigenvalue weighted by atomic mass is 10.2. The number of aliphatic hydroxyl groups is 1. The third-order valence-electron chi connectivity index (χ3n) is 2.35. The minimum atomic E-state index is -0.633. The van der Waals surface area contributed by atoms with Crippen LogP contribution in [0.25, 0.3) is 0 Å². The summed E-state index contributed by atoms with van der Waals surface area (Å²) in [6.45, 7) is 2.20. The number of amides is 1. The molecule has 2 rings (SSSR count). The fraction of sp³-hybridized carbons (Fsp3) is 0.250. The summed E-state index contributed by atoms with van der Waals surface area (Å²) in [6.07, 6.45) is -0.633. The van der Waals surface area contributed by atoms with Gasteiger partial charge in [0.05, 0.1) is 11.0 Å². The van der Waals surface area contributed by atoms with E-state index in [9.17, 15) is 9.90 Å². The van der Waals surface area contributed by atoms with Crippen molar-refractivity contribution in [2.24, 2.45) is 0 Å². The highest BCUT2D eigenvalue weighted by molar-refractivity contribution is 7.13. The molecule has 0 saturated heterocycles. The summed E-state index contributed by atoms with van der Waals surface area (Å²) < 4.78 is 0. The molecular weight excluding hydrogens is 254 g/mol. The number of thiophene rings is 2. The Hall–Kier alpha value is -1.17. The lowest BCUT2D eigenvalue weighted by Crippen LogP contribution is -2.27. The Morgan fingerprint density at radius 2 is 2.29 bits per heavy atom. The van der Waals surface area contributed by atoms with Gasteiger partial charge >= 0.3 is 0 Å². The van der Waals surface area contributed by atoms with Crippen molar-refractivity contribution in [3.8, 4) is 0 Å². The smallest absolute Gasteiger partial charge is 0.261 e. The maximum absolute atomic E-state index is 11.7. The number of hydrogen-bond donors (Lipinski definition) is 2. The van der Waals surface area contributed by atoms with Crippen LogP contribution in [-0.4, -0.2) is 17.6 Å². The van der Waals surface area contributed by atoms with Crippen LogP contribution in [0.4, 0.5) is 0 Å². The second kappa shape index (κ2) is 5.44. The number of carbonyl (C=O) groups is 1. The number of carbonyl (C=O) groups excluding carboxylic acids is 1. The van der Waals surface area contributed by atoms with Gasteiger partial charge in [0.15, 0.2) is 0 Å². The zero-order chi connectivity index (χ0) is 12.3. The van der Waals surface area contributed by atoms with E-state index in [4.69, 9.17) is 0 Å². The second-order valence-electron chi connectivity index (χ2n) is 3.69. The fourth-order valence-corrected chi connectivity index (χ4v) is 2.91. The van der Waals surface area contributed by atoms with Gasteiger partial charge in [-0.15, -0.1) is 11.3 Å². The monoisotopic (exact) mass is 267 g/mol. The van der Waals surface area contributed by atoms with Crippen molar-refractivity contribution >= 4 is 28.6 Å². The average molecular weight is 267 g/mol. The van der Waals surface area contributed by atoms with E-state index < -0.39 is 6.10 Å². The molecule has 17 heavy (non-hydrogen) atoms. The Kier molecular flexibility index (Phi) is 3.93. The van der Waals surface area contributed by atoms with Crippen LogP contribution in [0.2, 0.25) is 0 Å². The first-order chi connectivity index (χ1) is 8.16. The normalized spacial score (nSPS) is 12.4. The Bertz CT molecular complexity index is 490. The van der Waals surface area contributed by atoms with Gasteiger partial charge in [-0.1, -0.05) is 0 Å². The van der Waals surface area contributed by atoms with E-state index in [1.54, 1.807) is 6.07 Å². The summed E-state index contributed by atoms with van der Waals surface area (Å²) in [7, 11) is 0. The Morgan fingerprint density at radius 3 is 2.88 bits per heavy atom. The van der Waals surface area contributed by atoms with E-state index in [1.165, 1.54) is 22.7 Å². The van der Waals surface area contributed by atoms with Gasteiger partial charge in [0, 0.05) is 11.4 Å². The lowest BCUT2D eigenvalue weighted by molar-refractivity contribution is 0.0920. The summed E-state index contributed by atoms with van der Waals surface area (Å²) in [5, 5.41) is 16.3. The zero-order valence-electron chi connectivity index (χ0n) is 9.34. The molecule has 5 heteroatoms. The highest BCUT2D eigenvalue weighted by Crippen LogP contribution is 2.17. The van der Waals surface area contributed by atoms with Gasteiger partial charge in [0.2, 0.25) is 0 Å². The van der Waals surface area contributed by atoms with E-state index in [2.05, 4.69) is 5.32 Å². The van der Waals surface area contributed by atoms with Crippen molar-refractivity contribution in [2.45, 2.75) is 13.0 Å². The first-order valence-corrected chi connectivity index (χ1v) is 6.97. The topological polar surface area (TPSA) is 49.3 Å². The summed E-state index contributed by atoms with van der Waals surface area (Å²) in [5.41, 5.74) is 0.845. The van der Waals surface area contributed by atoms with Gasteiger partial charge in [0.1, 0.15) is 0 Å². The van der Waals surface area contributed by atoms with Crippen LogP contribution in [0.15, 0.2) is 29.0 Å². The van der Waals surface area contributed by atoms with Gasteiger partial charge in [-0.05, 0) is 41.4 Å². The second-order valence-corrected chi connectivity index (χ2v) is 5.76. The summed E-state index contributed by atoms with van der Waals surface area (Å²) in [5.74, 6) is -0.127. The van der Waals surface area contributed by atoms with Gasteiger partial charge < -0.3 is 10.4 Å². The third kappa shape index (κ3) is 3.15. The quantitative estimate of drug-likeness (QED) is 0.894. The molecule has 0 bridgehead atoms. The molecule has 0 aliphatic heterocycles. The lowest BCUT2D eigenvalue weighted by Gasteiger charge is -2.09. The highest BCUT2D eigenvalue weighted by atomic mass is 32.1. The molecule has 1 unspecified atom stereocenters. The first-order valence-electron chi connectivity index (χ1n) is 5.21. The van der Waals surface area contributed by atoms with Crippen molar-refractivity contribution in [3.63, 3.8) is 0 Å². The molecule has 3 nitrogen and oxygen atoms in total. The number of aryl methyl sites for hydroxylation is 1. The molecule has 0 saturated carbocycles. The Morgan fingerprint density at radius 1 is 1.47 bits per heavy atom. The van der Waals surface area contributed by atoms with Crippen molar-refractivity contribution in [2.75, 3.05) is 6.54 Å². The van der Waals surface area contributed by atoms with E-state index in [0.717, 1.165) is 10.4 Å². The number of rotatable bonds is 4. The average Bonchev–Trinajstić information content (AvgIpc) is 2.95. The molecule has 90 valence electrons. The molecule has 1 amide bonds. The molecule has 2 aromatic rings. The minimum Gasteiger partial charge on any atom is -0.387 e. The van der Waals surface area contributed by atoms with Gasteiger partial charge in [0.25, 0.3) is 5.91 Å². The molecule has 2 N–H and O–H groups in total. The molecule has 0 fully saturated rings. The number of nitrogens with one attached hydrogen (secondary N) is 1. The van der Waals surface area contributed by atoms with E-state index >= 15 is 0 Å². The molecule has 2 aromatic heterocycles. The third-order valence-corrected chi connectivity index (χ3v) is 4.05. The molecule has 2 heterocycles. The summed E-state index contributed by atoms with van der Waals surface area (Å²) in [6, 6.07) is 5.57. The van der Waals surface area contributed by atoms with Crippen LogP contribution in [0.3, 0.4) is 0 Å². The fourth-order valence-electron chi connectivity index (χ4n) is 1.42. The SMILES string of the molecule is Cc1ccc(C(=O)NCC(O)c2ccsc2)s1. The summed E-state index contributed by atoms with van der Waals surface area (Å²) >= 11 is 2.98. The molecular formula is C12H13NO2S2. The molecule has 0 aliphatic rings. The maximum atomic E-state index is 11.7. The minimum absolute atomic E-state index is 0.127.